The molecule has 0 bridgehead atoms. The van der Waals surface area contributed by atoms with E-state index >= 15 is 0 Å². The lowest BCUT2D eigenvalue weighted by molar-refractivity contribution is 0.668. The van der Waals surface area contributed by atoms with E-state index in [0.717, 1.165) is 149 Å². The molecule has 0 saturated heterocycles. The molecule has 6 heterocycles. The smallest absolute Gasteiger partial charge is 0.136 e. The number of aromatic nitrogens is 3. The molecule has 13 aromatic carbocycles. The molecule has 0 amide bonds. The summed E-state index contributed by atoms with van der Waals surface area (Å²) in [5.41, 5.74) is 21.9. The maximum absolute atomic E-state index is 6.52. The van der Waals surface area contributed by atoms with Crippen LogP contribution in [0.5, 0.6) is 0 Å². The number of fused-ring (bicyclic) bond motifs is 18. The van der Waals surface area contributed by atoms with Crippen LogP contribution in [0.25, 0.3) is 182 Å². The highest BCUT2D eigenvalue weighted by molar-refractivity contribution is 6.24. The summed E-state index contributed by atoms with van der Waals surface area (Å²) in [6.45, 7) is 0. The fourth-order valence-electron chi connectivity index (χ4n) is 14.5. The number of para-hydroxylation sites is 6. The largest absolute Gasteiger partial charge is 0.456 e. The molecule has 6 nitrogen and oxygen atoms in total. The fourth-order valence-corrected chi connectivity index (χ4v) is 14.5. The lowest BCUT2D eigenvalue weighted by Crippen LogP contribution is -2.03. The number of rotatable bonds is 6. The standard InChI is InChI=1S/C78H45N3O3/c1-7-31-61-55(19-1)73-49(52-28-16-40-70-76(52)58-22-4-10-37-67(58)82-70)25-13-34-64(73)79(61)46-43-47(80-62-32-8-2-20-56(62)74-50(26-14-35-65(74)80)53-29-17-41-71-77(53)59-23-5-11-38-68(59)83-71)45-48(44-46)81-63-33-9-3-21-57(63)75-51(27-15-36-66(75)81)54-30-18-42-72-78(54)60-24-6-12-39-69(60)84-72/h1-45H. The van der Waals surface area contributed by atoms with E-state index in [4.69, 9.17) is 13.3 Å². The van der Waals surface area contributed by atoms with Crippen molar-refractivity contribution in [3.63, 3.8) is 0 Å². The molecule has 19 aromatic rings. The Morgan fingerprint density at radius 1 is 0.179 bits per heavy atom. The van der Waals surface area contributed by atoms with Crippen LogP contribution < -0.4 is 0 Å². The quantitative estimate of drug-likeness (QED) is 0.167. The molecule has 0 fully saturated rings. The van der Waals surface area contributed by atoms with E-state index in [1.165, 1.54) is 32.3 Å². The van der Waals surface area contributed by atoms with E-state index in [2.05, 4.69) is 268 Å². The van der Waals surface area contributed by atoms with E-state index in [-0.39, 0.29) is 0 Å². The summed E-state index contributed by atoms with van der Waals surface area (Å²) in [5, 5.41) is 13.7. The SMILES string of the molecule is c1ccc2c(c1)oc1cccc(-c3cccc4c3c3ccccc3n4-c3cc(-n4c5ccccc5c5c(-c6cccc7oc8ccccc8c67)cccc54)cc(-n4c5ccccc5c5c(-c6cccc7oc8ccccc8c67)cccc54)c3)c12. The van der Waals surface area contributed by atoms with Crippen molar-refractivity contribution in [1.29, 1.82) is 0 Å². The molecule has 6 heteroatoms. The molecule has 84 heavy (non-hydrogen) atoms. The second kappa shape index (κ2) is 17.1. The van der Waals surface area contributed by atoms with Crippen molar-refractivity contribution in [3.8, 4) is 50.4 Å². The molecule has 390 valence electrons. The molecule has 0 aliphatic carbocycles. The van der Waals surface area contributed by atoms with Gasteiger partial charge in [0.2, 0.25) is 0 Å². The maximum Gasteiger partial charge on any atom is 0.136 e. The summed E-state index contributed by atoms with van der Waals surface area (Å²) in [4.78, 5) is 0. The number of nitrogens with zero attached hydrogens (tertiary/aromatic N) is 3. The lowest BCUT2D eigenvalue weighted by atomic mass is 9.95. The first-order valence-electron chi connectivity index (χ1n) is 28.6. The summed E-state index contributed by atoms with van der Waals surface area (Å²) in [5.74, 6) is 0. The fraction of sp³-hybridized carbons (Fsp3) is 0. The van der Waals surface area contributed by atoms with Crippen LogP contribution in [0.2, 0.25) is 0 Å². The van der Waals surface area contributed by atoms with Crippen LogP contribution in [-0.4, -0.2) is 13.7 Å². The van der Waals surface area contributed by atoms with Crippen molar-refractivity contribution in [1.82, 2.24) is 13.7 Å². The minimum absolute atomic E-state index is 0.875. The number of benzene rings is 13. The van der Waals surface area contributed by atoms with Crippen molar-refractivity contribution in [2.45, 2.75) is 0 Å². The van der Waals surface area contributed by atoms with Gasteiger partial charge in [-0.25, -0.2) is 0 Å². The molecule has 0 N–H and O–H groups in total. The van der Waals surface area contributed by atoms with E-state index in [1.54, 1.807) is 0 Å². The van der Waals surface area contributed by atoms with Gasteiger partial charge in [-0.3, -0.25) is 0 Å². The summed E-state index contributed by atoms with van der Waals surface area (Å²) < 4.78 is 27.0. The summed E-state index contributed by atoms with van der Waals surface area (Å²) in [6, 6.07) is 98.8. The first-order valence-corrected chi connectivity index (χ1v) is 28.6. The zero-order valence-electron chi connectivity index (χ0n) is 45.0. The topological polar surface area (TPSA) is 54.2 Å². The Morgan fingerprint density at radius 2 is 0.405 bits per heavy atom. The molecule has 0 radical (unpaired) electrons. The van der Waals surface area contributed by atoms with Crippen LogP contribution in [0.1, 0.15) is 0 Å². The highest BCUT2D eigenvalue weighted by atomic mass is 16.3. The summed E-state index contributed by atoms with van der Waals surface area (Å²) in [6.07, 6.45) is 0. The average molecular weight is 1070 g/mol. The highest BCUT2D eigenvalue weighted by Crippen LogP contribution is 2.48. The van der Waals surface area contributed by atoms with Gasteiger partial charge < -0.3 is 27.0 Å². The van der Waals surface area contributed by atoms with E-state index in [9.17, 15) is 0 Å². The summed E-state index contributed by atoms with van der Waals surface area (Å²) >= 11 is 0. The van der Waals surface area contributed by atoms with Crippen molar-refractivity contribution >= 4 is 131 Å². The molecule has 0 atom stereocenters. The van der Waals surface area contributed by atoms with Crippen molar-refractivity contribution < 1.29 is 13.3 Å². The van der Waals surface area contributed by atoms with E-state index in [1.807, 2.05) is 18.2 Å². The molecular formula is C78H45N3O3. The number of furan rings is 3. The summed E-state index contributed by atoms with van der Waals surface area (Å²) in [7, 11) is 0. The second-order valence-electron chi connectivity index (χ2n) is 22.2. The average Bonchev–Trinajstić information content (AvgIpc) is 4.34. The molecule has 0 unspecified atom stereocenters. The molecule has 0 saturated carbocycles. The van der Waals surface area contributed by atoms with Crippen molar-refractivity contribution in [3.05, 3.63) is 273 Å². The van der Waals surface area contributed by atoms with Crippen LogP contribution >= 0.6 is 0 Å². The Morgan fingerprint density at radius 3 is 0.714 bits per heavy atom. The van der Waals surface area contributed by atoms with Gasteiger partial charge in [0.1, 0.15) is 33.5 Å². The second-order valence-corrected chi connectivity index (χ2v) is 22.2. The van der Waals surface area contributed by atoms with Gasteiger partial charge in [-0.15, -0.1) is 0 Å². The zero-order chi connectivity index (χ0) is 54.7. The maximum atomic E-state index is 6.52. The van der Waals surface area contributed by atoms with E-state index < -0.39 is 0 Å². The first kappa shape index (κ1) is 45.4. The lowest BCUT2D eigenvalue weighted by Gasteiger charge is -2.18. The van der Waals surface area contributed by atoms with Gasteiger partial charge in [-0.1, -0.05) is 182 Å². The van der Waals surface area contributed by atoms with Crippen LogP contribution in [0.15, 0.2) is 286 Å². The predicted octanol–water partition coefficient (Wildman–Crippen LogP) is 21.7. The van der Waals surface area contributed by atoms with Gasteiger partial charge in [-0.2, -0.15) is 0 Å². The van der Waals surface area contributed by atoms with Gasteiger partial charge >= 0.3 is 0 Å². The van der Waals surface area contributed by atoms with E-state index in [0.29, 0.717) is 0 Å². The third-order valence-corrected chi connectivity index (χ3v) is 17.8. The molecule has 0 spiro atoms. The van der Waals surface area contributed by atoms with Gasteiger partial charge in [0.15, 0.2) is 0 Å². The van der Waals surface area contributed by atoms with Crippen LogP contribution in [-0.2, 0) is 0 Å². The Kier molecular flexibility index (Phi) is 9.24. The monoisotopic (exact) mass is 1070 g/mol. The number of hydrogen-bond donors (Lipinski definition) is 0. The minimum Gasteiger partial charge on any atom is -0.456 e. The highest BCUT2D eigenvalue weighted by Gasteiger charge is 2.26. The molecular weight excluding hydrogens is 1030 g/mol. The van der Waals surface area contributed by atoms with Crippen molar-refractivity contribution in [2.24, 2.45) is 0 Å². The molecule has 0 aliphatic rings. The molecule has 6 aromatic heterocycles. The normalized spacial score (nSPS) is 12.3. The number of hydrogen-bond acceptors (Lipinski definition) is 3. The van der Waals surface area contributed by atoms with Gasteiger partial charge in [0.05, 0.1) is 50.2 Å². The van der Waals surface area contributed by atoms with Crippen LogP contribution in [0, 0.1) is 0 Å². The van der Waals surface area contributed by atoms with Gasteiger partial charge in [0.25, 0.3) is 0 Å². The van der Waals surface area contributed by atoms with Crippen molar-refractivity contribution in [2.75, 3.05) is 0 Å². The third kappa shape index (κ3) is 6.23. The minimum atomic E-state index is 0.875. The Balaban J connectivity index is 0.926. The van der Waals surface area contributed by atoms with Crippen LogP contribution in [0.3, 0.4) is 0 Å². The Hall–Kier alpha value is -11.3. The zero-order valence-corrected chi connectivity index (χ0v) is 45.0. The third-order valence-electron chi connectivity index (χ3n) is 17.8. The Labute approximate surface area is 479 Å². The Bertz CT molecular complexity index is 5420. The van der Waals surface area contributed by atoms with Gasteiger partial charge in [-0.05, 0) is 124 Å². The molecule has 19 rings (SSSR count). The molecule has 0 aliphatic heterocycles. The first-order chi connectivity index (χ1) is 41.7. The van der Waals surface area contributed by atoms with Crippen LogP contribution in [0.4, 0.5) is 0 Å². The predicted molar refractivity (Wildman–Crippen MR) is 348 cm³/mol. The van der Waals surface area contributed by atoms with Gasteiger partial charge in [0, 0.05) is 64.6 Å².